The highest BCUT2D eigenvalue weighted by molar-refractivity contribution is 7.88. The minimum absolute atomic E-state index is 0.0884. The van der Waals surface area contributed by atoms with E-state index in [2.05, 4.69) is 42.7 Å². The minimum atomic E-state index is -3.21. The first kappa shape index (κ1) is 19.2. The van der Waals surface area contributed by atoms with Gasteiger partial charge in [-0.1, -0.05) is 18.2 Å². The number of para-hydroxylation sites is 1. The number of aromatic nitrogens is 3. The van der Waals surface area contributed by atoms with Gasteiger partial charge in [0.15, 0.2) is 5.82 Å². The van der Waals surface area contributed by atoms with Crippen LogP contribution in [0.3, 0.4) is 0 Å². The van der Waals surface area contributed by atoms with Crippen molar-refractivity contribution in [3.05, 3.63) is 54.5 Å². The molecule has 0 aliphatic carbocycles. The lowest BCUT2D eigenvalue weighted by atomic mass is 9.95. The zero-order valence-electron chi connectivity index (χ0n) is 16.8. The van der Waals surface area contributed by atoms with Crippen molar-refractivity contribution in [3.63, 3.8) is 0 Å². The number of rotatable bonds is 5. The Bertz CT molecular complexity index is 1180. The van der Waals surface area contributed by atoms with Crippen molar-refractivity contribution in [2.24, 2.45) is 0 Å². The van der Waals surface area contributed by atoms with Crippen molar-refractivity contribution in [1.29, 1.82) is 0 Å². The monoisotopic (exact) mass is 424 g/mol. The second-order valence-electron chi connectivity index (χ2n) is 8.05. The molecule has 3 aromatic rings. The van der Waals surface area contributed by atoms with Crippen LogP contribution in [-0.2, 0) is 10.0 Å². The van der Waals surface area contributed by atoms with E-state index in [1.165, 1.54) is 6.26 Å². The highest BCUT2D eigenvalue weighted by Crippen LogP contribution is 2.35. The fourth-order valence-corrected chi connectivity index (χ4v) is 5.09. The second kappa shape index (κ2) is 7.48. The van der Waals surface area contributed by atoms with Crippen LogP contribution in [-0.4, -0.2) is 61.8 Å². The first-order valence-electron chi connectivity index (χ1n) is 10.1. The average Bonchev–Trinajstić information content (AvgIpc) is 3.13. The zero-order valence-corrected chi connectivity index (χ0v) is 17.6. The van der Waals surface area contributed by atoms with E-state index in [0.29, 0.717) is 6.54 Å². The van der Waals surface area contributed by atoms with Crippen LogP contribution < -0.4 is 14.5 Å². The number of nitrogens with one attached hydrogen (secondary N) is 1. The largest absolute Gasteiger partial charge is 0.355 e. The third kappa shape index (κ3) is 3.82. The average molecular weight is 425 g/mol. The Morgan fingerprint density at radius 2 is 1.80 bits per heavy atom. The SMILES string of the molecule is CS(=O)(=O)N[C@H]1CCN(c2nccnc2C2CN(c3ccc4ccccc4n3)C2)C1. The molecule has 2 fully saturated rings. The van der Waals surface area contributed by atoms with Gasteiger partial charge >= 0.3 is 0 Å². The lowest BCUT2D eigenvalue weighted by Crippen LogP contribution is -2.46. The van der Waals surface area contributed by atoms with Crippen LogP contribution in [0.1, 0.15) is 18.0 Å². The van der Waals surface area contributed by atoms with Crippen molar-refractivity contribution in [2.45, 2.75) is 18.4 Å². The molecule has 0 amide bonds. The van der Waals surface area contributed by atoms with Gasteiger partial charge in [0.2, 0.25) is 10.0 Å². The number of sulfonamides is 1. The summed E-state index contributed by atoms with van der Waals surface area (Å²) in [7, 11) is -3.21. The van der Waals surface area contributed by atoms with E-state index in [9.17, 15) is 8.42 Å². The molecule has 2 aliphatic heterocycles. The number of benzene rings is 1. The van der Waals surface area contributed by atoms with Gasteiger partial charge in [0.25, 0.3) is 0 Å². The standard InChI is InChI=1S/C21H24N6O2S/c1-30(28,29)25-17-8-11-26(14-17)21-20(22-9-10-23-21)16-12-27(13-16)19-7-6-15-4-2-3-5-18(15)24-19/h2-7,9-10,16-17,25H,8,11-14H2,1H3/t17-/m0/s1. The Kier molecular flexibility index (Phi) is 4.79. The number of fused-ring (bicyclic) bond motifs is 1. The summed E-state index contributed by atoms with van der Waals surface area (Å²) in [4.78, 5) is 18.4. The lowest BCUT2D eigenvalue weighted by molar-refractivity contribution is 0.507. The lowest BCUT2D eigenvalue weighted by Gasteiger charge is -2.40. The fraction of sp³-hybridized carbons (Fsp3) is 0.381. The molecule has 5 rings (SSSR count). The van der Waals surface area contributed by atoms with E-state index in [1.807, 2.05) is 18.2 Å². The van der Waals surface area contributed by atoms with Crippen LogP contribution in [0.2, 0.25) is 0 Å². The van der Waals surface area contributed by atoms with Crippen LogP contribution in [0, 0.1) is 0 Å². The Hall–Kier alpha value is -2.78. The molecular formula is C21H24N6O2S. The van der Waals surface area contributed by atoms with Gasteiger partial charge in [0, 0.05) is 55.9 Å². The maximum absolute atomic E-state index is 11.5. The van der Waals surface area contributed by atoms with Crippen molar-refractivity contribution in [2.75, 3.05) is 42.2 Å². The van der Waals surface area contributed by atoms with Crippen LogP contribution in [0.25, 0.3) is 10.9 Å². The summed E-state index contributed by atoms with van der Waals surface area (Å²) in [6.07, 6.45) is 5.41. The summed E-state index contributed by atoms with van der Waals surface area (Å²) in [6.45, 7) is 3.06. The summed E-state index contributed by atoms with van der Waals surface area (Å²) in [5.74, 6) is 2.13. The molecule has 1 aromatic carbocycles. The zero-order chi connectivity index (χ0) is 20.7. The Labute approximate surface area is 176 Å². The van der Waals surface area contributed by atoms with Crippen molar-refractivity contribution >= 4 is 32.6 Å². The van der Waals surface area contributed by atoms with Gasteiger partial charge in [-0.15, -0.1) is 0 Å². The quantitative estimate of drug-likeness (QED) is 0.667. The first-order chi connectivity index (χ1) is 14.5. The van der Waals surface area contributed by atoms with Crippen LogP contribution >= 0.6 is 0 Å². The van der Waals surface area contributed by atoms with Crippen LogP contribution in [0.5, 0.6) is 0 Å². The molecule has 2 aromatic heterocycles. The Morgan fingerprint density at radius 1 is 1.00 bits per heavy atom. The molecule has 0 unspecified atom stereocenters. The van der Waals surface area contributed by atoms with Crippen molar-refractivity contribution in [1.82, 2.24) is 19.7 Å². The highest BCUT2D eigenvalue weighted by Gasteiger charge is 2.35. The molecule has 0 radical (unpaired) electrons. The van der Waals surface area contributed by atoms with Crippen molar-refractivity contribution < 1.29 is 8.42 Å². The van der Waals surface area contributed by atoms with Crippen LogP contribution in [0.15, 0.2) is 48.8 Å². The maximum atomic E-state index is 11.5. The fourth-order valence-electron chi connectivity index (χ4n) is 4.29. The first-order valence-corrected chi connectivity index (χ1v) is 12.0. The van der Waals surface area contributed by atoms with Gasteiger partial charge < -0.3 is 9.80 Å². The molecule has 0 bridgehead atoms. The molecule has 30 heavy (non-hydrogen) atoms. The maximum Gasteiger partial charge on any atom is 0.209 e. The van der Waals surface area contributed by atoms with E-state index in [-0.39, 0.29) is 12.0 Å². The molecule has 0 spiro atoms. The summed E-state index contributed by atoms with van der Waals surface area (Å²) < 4.78 is 25.8. The van der Waals surface area contributed by atoms with Crippen LogP contribution in [0.4, 0.5) is 11.6 Å². The highest BCUT2D eigenvalue weighted by atomic mass is 32.2. The predicted molar refractivity (Wildman–Crippen MR) is 117 cm³/mol. The molecule has 2 aliphatic rings. The van der Waals surface area contributed by atoms with E-state index in [1.54, 1.807) is 12.4 Å². The van der Waals surface area contributed by atoms with Gasteiger partial charge in [0.1, 0.15) is 5.82 Å². The Balaban J connectivity index is 1.30. The third-order valence-electron chi connectivity index (χ3n) is 5.75. The topological polar surface area (TPSA) is 91.3 Å². The Morgan fingerprint density at radius 3 is 2.63 bits per heavy atom. The smallest absolute Gasteiger partial charge is 0.209 e. The van der Waals surface area contributed by atoms with E-state index >= 15 is 0 Å². The van der Waals surface area contributed by atoms with Gasteiger partial charge in [0.05, 0.1) is 17.5 Å². The van der Waals surface area contributed by atoms with Gasteiger partial charge in [-0.3, -0.25) is 4.98 Å². The van der Waals surface area contributed by atoms with Gasteiger partial charge in [-0.25, -0.2) is 23.1 Å². The minimum Gasteiger partial charge on any atom is -0.355 e. The number of hydrogen-bond acceptors (Lipinski definition) is 7. The number of hydrogen-bond donors (Lipinski definition) is 1. The van der Waals surface area contributed by atoms with Gasteiger partial charge in [-0.2, -0.15) is 0 Å². The predicted octanol–water partition coefficient (Wildman–Crippen LogP) is 1.76. The third-order valence-corrected chi connectivity index (χ3v) is 6.51. The molecule has 8 nitrogen and oxygen atoms in total. The number of pyridine rings is 1. The molecule has 4 heterocycles. The van der Waals surface area contributed by atoms with Crippen molar-refractivity contribution in [3.8, 4) is 0 Å². The van der Waals surface area contributed by atoms with E-state index in [0.717, 1.165) is 54.3 Å². The molecule has 0 saturated carbocycles. The van der Waals surface area contributed by atoms with E-state index in [4.69, 9.17) is 4.98 Å². The normalized spacial score (nSPS) is 20.0. The van der Waals surface area contributed by atoms with E-state index < -0.39 is 10.0 Å². The molecule has 1 atom stereocenters. The van der Waals surface area contributed by atoms with Gasteiger partial charge in [-0.05, 0) is 24.6 Å². The summed E-state index contributed by atoms with van der Waals surface area (Å²) in [6, 6.07) is 12.2. The second-order valence-corrected chi connectivity index (χ2v) is 9.83. The molecule has 9 heteroatoms. The molecule has 1 N–H and O–H groups in total. The summed E-state index contributed by atoms with van der Waals surface area (Å²) in [5.41, 5.74) is 1.98. The summed E-state index contributed by atoms with van der Waals surface area (Å²) in [5, 5.41) is 1.14. The molecule has 2 saturated heterocycles. The molecule has 156 valence electrons. The summed E-state index contributed by atoms with van der Waals surface area (Å²) >= 11 is 0. The number of anilines is 2. The number of nitrogens with zero attached hydrogens (tertiary/aromatic N) is 5. The molecular weight excluding hydrogens is 400 g/mol.